The molecule has 0 saturated carbocycles. The first-order valence-corrected chi connectivity index (χ1v) is 4.12. The minimum atomic E-state index is -0.263. The molecule has 0 aromatic heterocycles. The number of anilines is 1. The molecule has 4 heteroatoms. The van der Waals surface area contributed by atoms with Crippen molar-refractivity contribution in [1.29, 1.82) is 0 Å². The molecule has 2 rings (SSSR count). The van der Waals surface area contributed by atoms with Gasteiger partial charge in [-0.1, -0.05) is 12.1 Å². The molecule has 1 aliphatic heterocycles. The Labute approximate surface area is 75.7 Å². The van der Waals surface area contributed by atoms with Crippen LogP contribution in [0.3, 0.4) is 0 Å². The van der Waals surface area contributed by atoms with Crippen molar-refractivity contribution in [2.24, 2.45) is 10.8 Å². The van der Waals surface area contributed by atoms with Gasteiger partial charge < -0.3 is 5.73 Å². The number of nitrogens with two attached hydrogens (primary N) is 1. The Morgan fingerprint density at radius 3 is 2.77 bits per heavy atom. The second-order valence-electron chi connectivity index (χ2n) is 2.92. The van der Waals surface area contributed by atoms with Crippen LogP contribution in [0.4, 0.5) is 10.1 Å². The Balaban J connectivity index is 2.31. The number of hydrazone groups is 1. The first-order chi connectivity index (χ1) is 6.27. The van der Waals surface area contributed by atoms with Gasteiger partial charge in [-0.3, -0.25) is 5.01 Å². The van der Waals surface area contributed by atoms with Crippen LogP contribution in [0.2, 0.25) is 0 Å². The van der Waals surface area contributed by atoms with Crippen LogP contribution >= 0.6 is 0 Å². The summed E-state index contributed by atoms with van der Waals surface area (Å²) in [7, 11) is 0. The summed E-state index contributed by atoms with van der Waals surface area (Å²) < 4.78 is 13.2. The van der Waals surface area contributed by atoms with Gasteiger partial charge in [0.2, 0.25) is 0 Å². The molecule has 0 atom stereocenters. The Kier molecular flexibility index (Phi) is 1.88. The molecule has 1 aliphatic rings. The summed E-state index contributed by atoms with van der Waals surface area (Å²) in [6.45, 7) is 0.659. The monoisotopic (exact) mass is 179 g/mol. The number of benzene rings is 1. The van der Waals surface area contributed by atoms with Gasteiger partial charge in [-0.05, 0) is 12.1 Å². The molecule has 1 aromatic rings. The van der Waals surface area contributed by atoms with Crippen molar-refractivity contribution < 1.29 is 4.39 Å². The SMILES string of the molecule is NC1=NN(c2ccccc2F)CC1. The molecule has 13 heavy (non-hydrogen) atoms. The fourth-order valence-corrected chi connectivity index (χ4v) is 1.31. The van der Waals surface area contributed by atoms with E-state index in [4.69, 9.17) is 5.73 Å². The average Bonchev–Trinajstić information content (AvgIpc) is 2.53. The molecule has 68 valence electrons. The normalized spacial score (nSPS) is 16.1. The summed E-state index contributed by atoms with van der Waals surface area (Å²) in [6, 6.07) is 6.54. The Morgan fingerprint density at radius 1 is 1.38 bits per heavy atom. The first-order valence-electron chi connectivity index (χ1n) is 4.12. The fraction of sp³-hybridized carbons (Fsp3) is 0.222. The number of amidine groups is 1. The molecule has 0 saturated heterocycles. The van der Waals surface area contributed by atoms with E-state index in [2.05, 4.69) is 5.10 Å². The zero-order valence-corrected chi connectivity index (χ0v) is 7.07. The Hall–Kier alpha value is -1.58. The van der Waals surface area contributed by atoms with Gasteiger partial charge >= 0.3 is 0 Å². The molecule has 0 fully saturated rings. The number of hydrogen-bond acceptors (Lipinski definition) is 3. The Morgan fingerprint density at radius 2 is 2.15 bits per heavy atom. The van der Waals surface area contributed by atoms with Gasteiger partial charge in [0.25, 0.3) is 0 Å². The van der Waals surface area contributed by atoms with Gasteiger partial charge in [0.1, 0.15) is 11.7 Å². The van der Waals surface area contributed by atoms with Gasteiger partial charge in [0, 0.05) is 13.0 Å². The average molecular weight is 179 g/mol. The van der Waals surface area contributed by atoms with Crippen LogP contribution in [0.5, 0.6) is 0 Å². The van der Waals surface area contributed by atoms with Gasteiger partial charge in [-0.2, -0.15) is 5.10 Å². The van der Waals surface area contributed by atoms with Crippen LogP contribution in [0.1, 0.15) is 6.42 Å². The third-order valence-corrected chi connectivity index (χ3v) is 1.96. The molecular formula is C9H10FN3. The maximum Gasteiger partial charge on any atom is 0.148 e. The molecule has 2 N–H and O–H groups in total. The van der Waals surface area contributed by atoms with E-state index in [1.807, 2.05) is 0 Å². The summed E-state index contributed by atoms with van der Waals surface area (Å²) in [6.07, 6.45) is 0.703. The fourth-order valence-electron chi connectivity index (χ4n) is 1.31. The highest BCUT2D eigenvalue weighted by Gasteiger charge is 2.15. The lowest BCUT2D eigenvalue weighted by atomic mass is 10.3. The van der Waals surface area contributed by atoms with Crippen LogP contribution in [0.25, 0.3) is 0 Å². The molecule has 3 nitrogen and oxygen atoms in total. The van der Waals surface area contributed by atoms with E-state index in [9.17, 15) is 4.39 Å². The van der Waals surface area contributed by atoms with E-state index in [1.54, 1.807) is 23.2 Å². The number of hydrogen-bond donors (Lipinski definition) is 1. The summed E-state index contributed by atoms with van der Waals surface area (Å²) in [5.41, 5.74) is 5.99. The van der Waals surface area contributed by atoms with E-state index in [-0.39, 0.29) is 5.82 Å². The third kappa shape index (κ3) is 1.47. The highest BCUT2D eigenvalue weighted by atomic mass is 19.1. The number of rotatable bonds is 1. The maximum atomic E-state index is 13.2. The molecule has 0 bridgehead atoms. The lowest BCUT2D eigenvalue weighted by Gasteiger charge is -2.13. The van der Waals surface area contributed by atoms with Crippen LogP contribution in [-0.2, 0) is 0 Å². The molecule has 0 unspecified atom stereocenters. The maximum absolute atomic E-state index is 13.2. The van der Waals surface area contributed by atoms with Crippen molar-refractivity contribution in [2.45, 2.75) is 6.42 Å². The van der Waals surface area contributed by atoms with E-state index in [0.29, 0.717) is 24.5 Å². The third-order valence-electron chi connectivity index (χ3n) is 1.96. The van der Waals surface area contributed by atoms with Crippen molar-refractivity contribution in [3.05, 3.63) is 30.1 Å². The van der Waals surface area contributed by atoms with Crippen LogP contribution < -0.4 is 10.7 Å². The number of halogens is 1. The Bertz CT molecular complexity index is 348. The minimum absolute atomic E-state index is 0.263. The van der Waals surface area contributed by atoms with Crippen molar-refractivity contribution in [2.75, 3.05) is 11.6 Å². The summed E-state index contributed by atoms with van der Waals surface area (Å²) in [4.78, 5) is 0. The molecule has 0 amide bonds. The van der Waals surface area contributed by atoms with Gasteiger partial charge in [-0.25, -0.2) is 4.39 Å². The topological polar surface area (TPSA) is 41.6 Å². The molecule has 1 heterocycles. The molecule has 0 aliphatic carbocycles. The van der Waals surface area contributed by atoms with E-state index in [1.165, 1.54) is 6.07 Å². The quantitative estimate of drug-likeness (QED) is 0.706. The van der Waals surface area contributed by atoms with E-state index < -0.39 is 0 Å². The number of nitrogens with zero attached hydrogens (tertiary/aromatic N) is 2. The van der Waals surface area contributed by atoms with E-state index >= 15 is 0 Å². The summed E-state index contributed by atoms with van der Waals surface area (Å²) >= 11 is 0. The van der Waals surface area contributed by atoms with Gasteiger partial charge in [0.05, 0.1) is 5.69 Å². The molecule has 0 radical (unpaired) electrons. The van der Waals surface area contributed by atoms with Crippen molar-refractivity contribution >= 4 is 11.5 Å². The highest BCUT2D eigenvalue weighted by Crippen LogP contribution is 2.21. The van der Waals surface area contributed by atoms with Crippen LogP contribution in [-0.4, -0.2) is 12.4 Å². The second kappa shape index (κ2) is 3.05. The summed E-state index contributed by atoms with van der Waals surface area (Å²) in [5.74, 6) is 0.296. The van der Waals surface area contributed by atoms with Crippen LogP contribution in [0.15, 0.2) is 29.4 Å². The first kappa shape index (κ1) is 8.04. The molecule has 1 aromatic carbocycles. The zero-order valence-electron chi connectivity index (χ0n) is 7.07. The second-order valence-corrected chi connectivity index (χ2v) is 2.92. The summed E-state index contributed by atoms with van der Waals surface area (Å²) in [5, 5.41) is 5.60. The van der Waals surface area contributed by atoms with Crippen molar-refractivity contribution in [3.8, 4) is 0 Å². The van der Waals surface area contributed by atoms with Crippen LogP contribution in [0, 0.1) is 5.82 Å². The largest absolute Gasteiger partial charge is 0.386 e. The van der Waals surface area contributed by atoms with Gasteiger partial charge in [-0.15, -0.1) is 0 Å². The van der Waals surface area contributed by atoms with Crippen molar-refractivity contribution in [1.82, 2.24) is 0 Å². The standard InChI is InChI=1S/C9H10FN3/c10-7-3-1-2-4-8(7)13-6-5-9(11)12-13/h1-4H,5-6H2,(H2,11,12). The molecule has 0 spiro atoms. The molecular weight excluding hydrogens is 169 g/mol. The zero-order chi connectivity index (χ0) is 9.26. The predicted octanol–water partition coefficient (Wildman–Crippen LogP) is 1.31. The van der Waals surface area contributed by atoms with E-state index in [0.717, 1.165) is 0 Å². The van der Waals surface area contributed by atoms with Gasteiger partial charge in [0.15, 0.2) is 0 Å². The lowest BCUT2D eigenvalue weighted by Crippen LogP contribution is -2.13. The minimum Gasteiger partial charge on any atom is -0.386 e. The number of para-hydroxylation sites is 1. The highest BCUT2D eigenvalue weighted by molar-refractivity contribution is 5.84. The van der Waals surface area contributed by atoms with Crippen molar-refractivity contribution in [3.63, 3.8) is 0 Å². The smallest absolute Gasteiger partial charge is 0.148 e. The lowest BCUT2D eigenvalue weighted by molar-refractivity contribution is 0.622. The predicted molar refractivity (Wildman–Crippen MR) is 50.0 cm³/mol.